The van der Waals surface area contributed by atoms with Gasteiger partial charge in [-0.15, -0.1) is 11.8 Å². The van der Waals surface area contributed by atoms with Gasteiger partial charge in [0.25, 0.3) is 5.56 Å². The van der Waals surface area contributed by atoms with Crippen LogP contribution >= 0.6 is 23.4 Å². The number of halogens is 3. The maximum atomic E-state index is 14.9. The van der Waals surface area contributed by atoms with Crippen LogP contribution < -0.4 is 11.2 Å². The first-order valence-corrected chi connectivity index (χ1v) is 11.6. The Morgan fingerprint density at radius 1 is 1.18 bits per heavy atom. The van der Waals surface area contributed by atoms with Crippen molar-refractivity contribution >= 4 is 34.3 Å². The van der Waals surface area contributed by atoms with Gasteiger partial charge in [0.15, 0.2) is 0 Å². The maximum absolute atomic E-state index is 14.9. The Labute approximate surface area is 197 Å². The van der Waals surface area contributed by atoms with E-state index in [2.05, 4.69) is 9.97 Å². The number of hydrogen-bond donors (Lipinski definition) is 3. The maximum Gasteiger partial charge on any atom is 0.326 e. The summed E-state index contributed by atoms with van der Waals surface area (Å²) >= 11 is 7.25. The van der Waals surface area contributed by atoms with Gasteiger partial charge in [0, 0.05) is 47.0 Å². The van der Waals surface area contributed by atoms with Gasteiger partial charge >= 0.3 is 5.69 Å². The minimum atomic E-state index is -0.886. The topological polar surface area (TPSA) is 95.2 Å². The van der Waals surface area contributed by atoms with Crippen LogP contribution in [-0.2, 0) is 4.74 Å². The molecule has 0 amide bonds. The summed E-state index contributed by atoms with van der Waals surface area (Å²) in [6.07, 6.45) is 1.24. The third-order valence-electron chi connectivity index (χ3n) is 6.32. The number of aryl methyl sites for hydroxylation is 1. The van der Waals surface area contributed by atoms with Gasteiger partial charge in [-0.1, -0.05) is 11.6 Å². The molecule has 1 aliphatic rings. The van der Waals surface area contributed by atoms with Crippen molar-refractivity contribution in [2.45, 2.75) is 37.2 Å². The van der Waals surface area contributed by atoms with Crippen molar-refractivity contribution in [3.05, 3.63) is 61.3 Å². The summed E-state index contributed by atoms with van der Waals surface area (Å²) in [5.41, 5.74) is -0.808. The van der Waals surface area contributed by atoms with Crippen LogP contribution in [0.5, 0.6) is 0 Å². The highest BCUT2D eigenvalue weighted by molar-refractivity contribution is 7.99. The van der Waals surface area contributed by atoms with E-state index < -0.39 is 28.3 Å². The van der Waals surface area contributed by atoms with Gasteiger partial charge in [0.1, 0.15) is 11.6 Å². The van der Waals surface area contributed by atoms with Crippen molar-refractivity contribution < 1.29 is 18.6 Å². The van der Waals surface area contributed by atoms with Crippen molar-refractivity contribution in [1.82, 2.24) is 9.97 Å². The SMILES string of the molecule is COC1(C)CC(CO)(CSc2c(-c3cc(Cl)c(F)cc3F)c(C)cc3c(=O)[nH]c(=O)[nH]c23)C1. The van der Waals surface area contributed by atoms with E-state index in [0.717, 1.165) is 0 Å². The molecule has 1 saturated carbocycles. The lowest BCUT2D eigenvalue weighted by atomic mass is 9.61. The number of hydrogen-bond acceptors (Lipinski definition) is 5. The molecule has 2 aromatic carbocycles. The van der Waals surface area contributed by atoms with Crippen molar-refractivity contribution in [3.63, 3.8) is 0 Å². The Kier molecular flexibility index (Phi) is 6.20. The Balaban J connectivity index is 1.91. The quantitative estimate of drug-likeness (QED) is 0.347. The number of aromatic nitrogens is 2. The molecule has 33 heavy (non-hydrogen) atoms. The Hall–Kier alpha value is -2.20. The molecule has 0 atom stereocenters. The second-order valence-corrected chi connectivity index (χ2v) is 10.3. The molecular weight excluding hydrogens is 474 g/mol. The first kappa shape index (κ1) is 23.9. The van der Waals surface area contributed by atoms with E-state index in [1.54, 1.807) is 20.1 Å². The fraction of sp³-hybridized carbons (Fsp3) is 0.391. The standard InChI is InChI=1S/C23H23ClF2N2O4S/c1-11-4-13-18(27-21(31)28-20(13)30)19(17(11)12-5-14(24)16(26)6-15(12)25)33-10-23(9-29)7-22(2,8-23)32-3/h4-6,29H,7-10H2,1-3H3,(H2,27,28,30,31). The molecule has 6 nitrogen and oxygen atoms in total. The summed E-state index contributed by atoms with van der Waals surface area (Å²) in [7, 11) is 1.62. The lowest BCUT2D eigenvalue weighted by Crippen LogP contribution is -2.54. The second-order valence-electron chi connectivity index (χ2n) is 8.93. The van der Waals surface area contributed by atoms with Crippen LogP contribution in [0.1, 0.15) is 25.3 Å². The van der Waals surface area contributed by atoms with Gasteiger partial charge in [0.2, 0.25) is 0 Å². The number of rotatable bonds is 6. The number of H-pyrrole nitrogens is 2. The highest BCUT2D eigenvalue weighted by Gasteiger charge is 2.52. The normalized spacial score (nSPS) is 22.5. The van der Waals surface area contributed by atoms with E-state index in [0.29, 0.717) is 40.7 Å². The zero-order valence-corrected chi connectivity index (χ0v) is 19.8. The summed E-state index contributed by atoms with van der Waals surface area (Å²) in [6, 6.07) is 3.46. The zero-order valence-electron chi connectivity index (χ0n) is 18.3. The lowest BCUT2D eigenvalue weighted by Gasteiger charge is -2.53. The predicted molar refractivity (Wildman–Crippen MR) is 125 cm³/mol. The predicted octanol–water partition coefficient (Wildman–Crippen LogP) is 4.39. The van der Waals surface area contributed by atoms with E-state index in [9.17, 15) is 23.5 Å². The summed E-state index contributed by atoms with van der Waals surface area (Å²) in [4.78, 5) is 29.9. The third kappa shape index (κ3) is 4.23. The van der Waals surface area contributed by atoms with Gasteiger partial charge in [-0.3, -0.25) is 9.78 Å². The summed E-state index contributed by atoms with van der Waals surface area (Å²) in [6.45, 7) is 3.59. The average Bonchev–Trinajstić information content (AvgIpc) is 2.73. The minimum Gasteiger partial charge on any atom is -0.396 e. The van der Waals surface area contributed by atoms with Gasteiger partial charge < -0.3 is 14.8 Å². The Bertz CT molecular complexity index is 1370. The molecule has 0 saturated heterocycles. The number of thioether (sulfide) groups is 1. The lowest BCUT2D eigenvalue weighted by molar-refractivity contribution is -0.144. The summed E-state index contributed by atoms with van der Waals surface area (Å²) < 4.78 is 34.3. The fourth-order valence-corrected chi connectivity index (χ4v) is 6.39. The van der Waals surface area contributed by atoms with Crippen molar-refractivity contribution in [2.75, 3.05) is 19.5 Å². The number of fused-ring (bicyclic) bond motifs is 1. The van der Waals surface area contributed by atoms with Crippen LogP contribution in [0.2, 0.25) is 5.02 Å². The van der Waals surface area contributed by atoms with E-state index in [-0.39, 0.29) is 33.7 Å². The molecule has 0 radical (unpaired) electrons. The molecule has 3 aromatic rings. The van der Waals surface area contributed by atoms with E-state index in [4.69, 9.17) is 16.3 Å². The van der Waals surface area contributed by atoms with E-state index >= 15 is 0 Å². The summed E-state index contributed by atoms with van der Waals surface area (Å²) in [5.74, 6) is -1.27. The minimum absolute atomic E-state index is 0.0535. The summed E-state index contributed by atoms with van der Waals surface area (Å²) in [5, 5.41) is 10.1. The highest BCUT2D eigenvalue weighted by Crippen LogP contribution is 2.53. The van der Waals surface area contributed by atoms with Crippen LogP contribution in [-0.4, -0.2) is 40.1 Å². The second kappa shape index (κ2) is 8.54. The number of methoxy groups -OCH3 is 1. The molecule has 0 bridgehead atoms. The first-order chi connectivity index (χ1) is 15.5. The van der Waals surface area contributed by atoms with Crippen LogP contribution in [0.25, 0.3) is 22.0 Å². The number of aliphatic hydroxyl groups excluding tert-OH is 1. The van der Waals surface area contributed by atoms with Gasteiger partial charge in [-0.2, -0.15) is 0 Å². The van der Waals surface area contributed by atoms with E-state index in [1.807, 2.05) is 6.92 Å². The number of aromatic amines is 2. The van der Waals surface area contributed by atoms with Gasteiger partial charge in [-0.25, -0.2) is 13.6 Å². The molecule has 10 heteroatoms. The van der Waals surface area contributed by atoms with Gasteiger partial charge in [-0.05, 0) is 44.4 Å². The van der Waals surface area contributed by atoms with Crippen LogP contribution in [0, 0.1) is 24.0 Å². The molecule has 0 spiro atoms. The Morgan fingerprint density at radius 3 is 2.52 bits per heavy atom. The molecule has 0 unspecified atom stereocenters. The van der Waals surface area contributed by atoms with Crippen LogP contribution in [0.15, 0.2) is 32.7 Å². The fourth-order valence-electron chi connectivity index (χ4n) is 4.76. The number of nitrogens with one attached hydrogen (secondary N) is 2. The molecular formula is C23H23ClF2N2O4S. The van der Waals surface area contributed by atoms with Crippen LogP contribution in [0.3, 0.4) is 0 Å². The van der Waals surface area contributed by atoms with E-state index in [1.165, 1.54) is 17.8 Å². The third-order valence-corrected chi connectivity index (χ3v) is 8.06. The van der Waals surface area contributed by atoms with Gasteiger partial charge in [0.05, 0.1) is 21.5 Å². The monoisotopic (exact) mass is 496 g/mol. The number of aliphatic hydroxyl groups is 1. The largest absolute Gasteiger partial charge is 0.396 e. The van der Waals surface area contributed by atoms with Crippen molar-refractivity contribution in [3.8, 4) is 11.1 Å². The molecule has 1 heterocycles. The molecule has 1 fully saturated rings. The molecule has 1 aliphatic carbocycles. The molecule has 4 rings (SSSR count). The first-order valence-electron chi connectivity index (χ1n) is 10.2. The molecule has 3 N–H and O–H groups in total. The molecule has 0 aliphatic heterocycles. The zero-order chi connectivity index (χ0) is 24.1. The average molecular weight is 497 g/mol. The van der Waals surface area contributed by atoms with Crippen molar-refractivity contribution in [1.29, 1.82) is 0 Å². The highest BCUT2D eigenvalue weighted by atomic mass is 35.5. The Morgan fingerprint density at radius 2 is 1.88 bits per heavy atom. The molecule has 1 aromatic heterocycles. The number of benzene rings is 2. The van der Waals surface area contributed by atoms with Crippen molar-refractivity contribution in [2.24, 2.45) is 5.41 Å². The van der Waals surface area contributed by atoms with Crippen LogP contribution in [0.4, 0.5) is 8.78 Å². The number of ether oxygens (including phenoxy) is 1. The molecule has 176 valence electrons. The smallest absolute Gasteiger partial charge is 0.326 e.